The Balaban J connectivity index is 0. The molecule has 0 aliphatic rings. The topological polar surface area (TPSA) is 0 Å². The normalized spacial score (nSPS) is 0. The molecule has 0 aromatic heterocycles. The summed E-state index contributed by atoms with van der Waals surface area (Å²) in [4.78, 5) is 0. The van der Waals surface area contributed by atoms with E-state index in [-0.39, 0.29) is 295 Å². The van der Waals surface area contributed by atoms with Gasteiger partial charge >= 0.3 is 0 Å². The van der Waals surface area contributed by atoms with Gasteiger partial charge in [-0.25, -0.2) is 0 Å². The van der Waals surface area contributed by atoms with Gasteiger partial charge in [0.15, 0.2) is 0 Å². The van der Waals surface area contributed by atoms with Gasteiger partial charge in [-0.05, 0) is 0 Å². The fourth-order valence-corrected chi connectivity index (χ4v) is 0. The Hall–Kier alpha value is 9.64. The fraction of sp³-hybridized carbons (Fsp3) is 0. The van der Waals surface area contributed by atoms with Gasteiger partial charge in [-0.2, -0.15) is 0 Å². The average molecular weight is 2730 g/mol. The maximum absolute atomic E-state index is 0. The van der Waals surface area contributed by atoms with Gasteiger partial charge in [0, 0.05) is 295 Å². The first-order valence-electron chi connectivity index (χ1n) is 0. The van der Waals surface area contributed by atoms with E-state index in [0.717, 1.165) is 0 Å². The molecule has 0 aromatic carbocycles. The molecule has 0 rings (SSSR count). The van der Waals surface area contributed by atoms with Gasteiger partial charge in [-0.15, -0.1) is 0 Å². The molecule has 0 aliphatic carbocycles. The molecule has 14 heavy (non-hydrogen) atoms. The van der Waals surface area contributed by atoms with Crippen LogP contribution in [0.1, 0.15) is 0 Å². The maximum Gasteiger partial charge on any atom is 0 e. The molecule has 0 saturated carbocycles. The van der Waals surface area contributed by atoms with Crippen molar-refractivity contribution in [1.29, 1.82) is 0 Å². The predicted molar refractivity (Wildman–Crippen MR) is 0 cm³/mol. The predicted octanol–water partition coefficient (Wildman–Crippen LogP) is -0.0350. The molecule has 0 aromatic rings. The van der Waals surface area contributed by atoms with E-state index in [0.29, 0.717) is 0 Å². The monoisotopic (exact) mass is 2730 g/mol. The van der Waals surface area contributed by atoms with Crippen LogP contribution in [0.15, 0.2) is 0 Å². The van der Waals surface area contributed by atoms with Crippen molar-refractivity contribution in [3.8, 4) is 0 Å². The second-order valence-corrected chi connectivity index (χ2v) is 0. The standard InChI is InChI=1S/14Pt. The minimum Gasteiger partial charge on any atom is 0 e. The van der Waals surface area contributed by atoms with Gasteiger partial charge < -0.3 is 0 Å². The van der Waals surface area contributed by atoms with Crippen LogP contribution in [-0.2, 0) is 295 Å². The minimum absolute atomic E-state index is 0. The number of hydrogen-bond donors (Lipinski definition) is 0. The molecule has 0 radical (unpaired) electrons. The molecule has 140 valence electrons. The third kappa shape index (κ3) is 99.2. The van der Waals surface area contributed by atoms with Crippen LogP contribution in [0.2, 0.25) is 0 Å². The zero-order chi connectivity index (χ0) is 0. The van der Waals surface area contributed by atoms with Crippen molar-refractivity contribution in [2.45, 2.75) is 0 Å². The zero-order valence-corrected chi connectivity index (χ0v) is 36.2. The zero-order valence-electron chi connectivity index (χ0n) is 4.43. The molecule has 0 N–H and O–H groups in total. The summed E-state index contributed by atoms with van der Waals surface area (Å²) in [6.45, 7) is 0. The molecular weight excluding hydrogens is 2730 g/mol. The SMILES string of the molecule is [Pt].[Pt].[Pt].[Pt].[Pt].[Pt].[Pt].[Pt].[Pt].[Pt].[Pt].[Pt].[Pt].[Pt]. The Bertz CT molecular complexity index is 0. The van der Waals surface area contributed by atoms with Crippen molar-refractivity contribution in [2.75, 3.05) is 0 Å². The van der Waals surface area contributed by atoms with Gasteiger partial charge in [0.2, 0.25) is 0 Å². The number of rotatable bonds is 0. The van der Waals surface area contributed by atoms with Crippen LogP contribution >= 0.6 is 0 Å². The van der Waals surface area contributed by atoms with Crippen molar-refractivity contribution in [2.24, 2.45) is 0 Å². The summed E-state index contributed by atoms with van der Waals surface area (Å²) in [6, 6.07) is 0. The fourth-order valence-electron chi connectivity index (χ4n) is 0. The average Bonchev–Trinajstić information content (AvgIpc) is 0. The molecule has 0 fully saturated rings. The van der Waals surface area contributed by atoms with Gasteiger partial charge in [-0.1, -0.05) is 0 Å². The Labute approximate surface area is 287 Å². The number of hydrogen-bond acceptors (Lipinski definition) is 0. The van der Waals surface area contributed by atoms with E-state index in [4.69, 9.17) is 0 Å². The molecule has 0 amide bonds. The van der Waals surface area contributed by atoms with E-state index in [9.17, 15) is 0 Å². The molecule has 14 heteroatoms. The molecule has 0 aliphatic heterocycles. The minimum atomic E-state index is 0. The van der Waals surface area contributed by atoms with Gasteiger partial charge in [0.25, 0.3) is 0 Å². The summed E-state index contributed by atoms with van der Waals surface area (Å²) in [5, 5.41) is 0. The largest absolute Gasteiger partial charge is 0 e. The summed E-state index contributed by atoms with van der Waals surface area (Å²) >= 11 is 0. The molecular formula is Pt14. The summed E-state index contributed by atoms with van der Waals surface area (Å²) in [5.41, 5.74) is 0. The van der Waals surface area contributed by atoms with E-state index >= 15 is 0 Å². The summed E-state index contributed by atoms with van der Waals surface area (Å²) in [5.74, 6) is 0. The van der Waals surface area contributed by atoms with Gasteiger partial charge in [0.1, 0.15) is 0 Å². The van der Waals surface area contributed by atoms with E-state index in [1.165, 1.54) is 0 Å². The Morgan fingerprint density at radius 2 is 0.0714 bits per heavy atom. The summed E-state index contributed by atoms with van der Waals surface area (Å²) in [6.07, 6.45) is 0. The molecule has 0 heterocycles. The van der Waals surface area contributed by atoms with Crippen molar-refractivity contribution in [1.82, 2.24) is 0 Å². The Kier molecular flexibility index (Phi) is 1060. The third-order valence-corrected chi connectivity index (χ3v) is 0. The first-order chi connectivity index (χ1) is 0. The van der Waals surface area contributed by atoms with Crippen molar-refractivity contribution in [3.05, 3.63) is 0 Å². The van der Waals surface area contributed by atoms with Gasteiger partial charge in [0.05, 0.1) is 0 Å². The van der Waals surface area contributed by atoms with Crippen molar-refractivity contribution in [3.63, 3.8) is 0 Å². The summed E-state index contributed by atoms with van der Waals surface area (Å²) in [7, 11) is 0. The molecule has 0 atom stereocenters. The first kappa shape index (κ1) is 130. The van der Waals surface area contributed by atoms with E-state index in [1.54, 1.807) is 0 Å². The summed E-state index contributed by atoms with van der Waals surface area (Å²) < 4.78 is 0. The Morgan fingerprint density at radius 1 is 0.0714 bits per heavy atom. The molecule has 0 nitrogen and oxygen atoms in total. The van der Waals surface area contributed by atoms with Crippen LogP contribution in [0.3, 0.4) is 0 Å². The van der Waals surface area contributed by atoms with Crippen LogP contribution < -0.4 is 0 Å². The van der Waals surface area contributed by atoms with E-state index in [1.807, 2.05) is 0 Å². The van der Waals surface area contributed by atoms with Crippen molar-refractivity contribution >= 4 is 0 Å². The van der Waals surface area contributed by atoms with Crippen LogP contribution in [0.5, 0.6) is 0 Å². The first-order valence-corrected chi connectivity index (χ1v) is 0. The second kappa shape index (κ2) is 114. The molecule has 0 bridgehead atoms. The van der Waals surface area contributed by atoms with Crippen molar-refractivity contribution < 1.29 is 295 Å². The molecule has 0 spiro atoms. The molecule has 0 unspecified atom stereocenters. The quantitative estimate of drug-likeness (QED) is 0.321. The smallest absolute Gasteiger partial charge is 0 e. The second-order valence-electron chi connectivity index (χ2n) is 0. The maximum atomic E-state index is 0. The van der Waals surface area contributed by atoms with Crippen LogP contribution in [-0.4, -0.2) is 0 Å². The van der Waals surface area contributed by atoms with E-state index in [2.05, 4.69) is 0 Å². The van der Waals surface area contributed by atoms with Crippen LogP contribution in [0.4, 0.5) is 0 Å². The van der Waals surface area contributed by atoms with Crippen LogP contribution in [0.25, 0.3) is 0 Å². The Morgan fingerprint density at radius 3 is 0.0714 bits per heavy atom. The molecule has 0 saturated heterocycles. The van der Waals surface area contributed by atoms with Crippen LogP contribution in [0, 0.1) is 0 Å². The van der Waals surface area contributed by atoms with Gasteiger partial charge in [-0.3, -0.25) is 0 Å². The van der Waals surface area contributed by atoms with E-state index < -0.39 is 0 Å². The third-order valence-electron chi connectivity index (χ3n) is 0.